The van der Waals surface area contributed by atoms with Crippen molar-refractivity contribution >= 4 is 34.8 Å². The average molecular weight is 549 g/mol. The zero-order valence-corrected chi connectivity index (χ0v) is 22.5. The molecule has 0 radical (unpaired) electrons. The van der Waals surface area contributed by atoms with Crippen LogP contribution in [0.4, 0.5) is 11.4 Å². The minimum absolute atomic E-state index is 0.0178. The van der Waals surface area contributed by atoms with Crippen LogP contribution in [0.25, 0.3) is 11.1 Å². The summed E-state index contributed by atoms with van der Waals surface area (Å²) in [7, 11) is 0. The molecule has 1 atom stereocenters. The van der Waals surface area contributed by atoms with Crippen LogP contribution in [0.2, 0.25) is 5.02 Å². The molecule has 3 aromatic carbocycles. The van der Waals surface area contributed by atoms with Gasteiger partial charge in [0.2, 0.25) is 11.8 Å². The van der Waals surface area contributed by atoms with Crippen LogP contribution in [0.3, 0.4) is 0 Å². The van der Waals surface area contributed by atoms with Gasteiger partial charge in [-0.2, -0.15) is 0 Å². The van der Waals surface area contributed by atoms with E-state index in [1.54, 1.807) is 6.07 Å². The molecular formula is C30H33ClN4O4. The van der Waals surface area contributed by atoms with Crippen molar-refractivity contribution in [2.24, 2.45) is 5.92 Å². The molecule has 3 aromatic rings. The normalized spacial score (nSPS) is 17.8. The summed E-state index contributed by atoms with van der Waals surface area (Å²) >= 11 is 5.94. The number of aliphatic hydroxyl groups excluding tert-OH is 1. The molecule has 8 nitrogen and oxygen atoms in total. The number of nitrogens with zero attached hydrogens (tertiary/aromatic N) is 3. The first-order valence-electron chi connectivity index (χ1n) is 13.2. The molecule has 0 unspecified atom stereocenters. The molecule has 2 heterocycles. The Bertz CT molecular complexity index is 1340. The molecule has 2 aliphatic heterocycles. The molecule has 5 rings (SSSR count). The van der Waals surface area contributed by atoms with E-state index in [0.717, 1.165) is 35.5 Å². The molecule has 2 aliphatic rings. The van der Waals surface area contributed by atoms with E-state index in [4.69, 9.17) is 11.6 Å². The van der Waals surface area contributed by atoms with E-state index in [1.807, 2.05) is 40.1 Å². The van der Waals surface area contributed by atoms with Crippen LogP contribution in [0.15, 0.2) is 66.7 Å². The number of piperazine rings is 1. The Hall–Kier alpha value is -3.59. The monoisotopic (exact) mass is 548 g/mol. The molecular weight excluding hydrogens is 516 g/mol. The Morgan fingerprint density at radius 2 is 1.67 bits per heavy atom. The second-order valence-corrected chi connectivity index (χ2v) is 10.6. The van der Waals surface area contributed by atoms with Crippen LogP contribution >= 0.6 is 11.6 Å². The second-order valence-electron chi connectivity index (χ2n) is 10.2. The van der Waals surface area contributed by atoms with Crippen LogP contribution in [0, 0.1) is 5.92 Å². The zero-order chi connectivity index (χ0) is 27.4. The van der Waals surface area contributed by atoms with Crippen molar-refractivity contribution in [3.8, 4) is 16.9 Å². The molecule has 0 aliphatic carbocycles. The first-order chi connectivity index (χ1) is 18.9. The third kappa shape index (κ3) is 6.53. The van der Waals surface area contributed by atoms with Gasteiger partial charge in [0.25, 0.3) is 0 Å². The van der Waals surface area contributed by atoms with Gasteiger partial charge in [-0.25, -0.2) is 0 Å². The number of aliphatic hydroxyl groups is 1. The lowest BCUT2D eigenvalue weighted by molar-refractivity contribution is -0.132. The summed E-state index contributed by atoms with van der Waals surface area (Å²) in [5.41, 5.74) is 4.72. The summed E-state index contributed by atoms with van der Waals surface area (Å²) in [5.74, 6) is -0.243. The molecule has 0 bridgehead atoms. The first-order valence-corrected chi connectivity index (χ1v) is 13.6. The Morgan fingerprint density at radius 3 is 2.41 bits per heavy atom. The quantitative estimate of drug-likeness (QED) is 0.389. The largest absolute Gasteiger partial charge is 0.506 e. The van der Waals surface area contributed by atoms with Crippen LogP contribution in [-0.4, -0.2) is 77.6 Å². The molecule has 204 valence electrons. The van der Waals surface area contributed by atoms with Crippen molar-refractivity contribution in [1.82, 2.24) is 9.80 Å². The third-order valence-electron chi connectivity index (χ3n) is 7.50. The van der Waals surface area contributed by atoms with Crippen molar-refractivity contribution in [2.45, 2.75) is 13.0 Å². The molecule has 2 saturated heterocycles. The van der Waals surface area contributed by atoms with E-state index < -0.39 is 0 Å². The number of carbonyl (C=O) groups excluding carboxylic acids is 2. The fourth-order valence-electron chi connectivity index (χ4n) is 5.26. The van der Waals surface area contributed by atoms with Crippen LogP contribution in [0.5, 0.6) is 5.75 Å². The summed E-state index contributed by atoms with van der Waals surface area (Å²) in [6.07, 6.45) is 0.691. The Balaban J connectivity index is 1.10. The van der Waals surface area contributed by atoms with Gasteiger partial charge in [-0.3, -0.25) is 14.5 Å². The predicted octanol–water partition coefficient (Wildman–Crippen LogP) is 3.81. The Morgan fingerprint density at radius 1 is 0.923 bits per heavy atom. The minimum atomic E-state index is -0.201. The van der Waals surface area contributed by atoms with E-state index >= 15 is 0 Å². The van der Waals surface area contributed by atoms with E-state index in [0.29, 0.717) is 44.8 Å². The maximum Gasteiger partial charge on any atom is 0.236 e. The number of hydrogen-bond donors (Lipinski definition) is 3. The first kappa shape index (κ1) is 27.0. The van der Waals surface area contributed by atoms with Crippen LogP contribution in [0.1, 0.15) is 12.0 Å². The number of rotatable bonds is 7. The summed E-state index contributed by atoms with van der Waals surface area (Å²) in [6, 6.07) is 20.9. The van der Waals surface area contributed by atoms with Gasteiger partial charge in [0.15, 0.2) is 0 Å². The Labute approximate surface area is 233 Å². The Kier molecular flexibility index (Phi) is 8.35. The van der Waals surface area contributed by atoms with E-state index in [1.165, 1.54) is 12.1 Å². The van der Waals surface area contributed by atoms with E-state index in [9.17, 15) is 19.8 Å². The number of amides is 2. The van der Waals surface area contributed by atoms with Gasteiger partial charge in [0.1, 0.15) is 5.75 Å². The van der Waals surface area contributed by atoms with Gasteiger partial charge in [-0.15, -0.1) is 0 Å². The molecule has 2 fully saturated rings. The highest BCUT2D eigenvalue weighted by Crippen LogP contribution is 2.28. The van der Waals surface area contributed by atoms with Crippen molar-refractivity contribution in [3.63, 3.8) is 0 Å². The number of phenolic OH excluding ortho intramolecular Hbond substituents is 1. The molecule has 3 N–H and O–H groups in total. The lowest BCUT2D eigenvalue weighted by atomic mass is 10.0. The van der Waals surface area contributed by atoms with Gasteiger partial charge < -0.3 is 25.3 Å². The molecule has 0 saturated carbocycles. The topological polar surface area (TPSA) is 96.3 Å². The van der Waals surface area contributed by atoms with Crippen molar-refractivity contribution in [3.05, 3.63) is 77.3 Å². The molecule has 39 heavy (non-hydrogen) atoms. The van der Waals surface area contributed by atoms with Gasteiger partial charge in [-0.05, 0) is 66.1 Å². The van der Waals surface area contributed by atoms with Crippen LogP contribution in [-0.2, 0) is 16.2 Å². The highest BCUT2D eigenvalue weighted by atomic mass is 35.5. The van der Waals surface area contributed by atoms with Crippen LogP contribution < -0.4 is 10.2 Å². The molecule has 9 heteroatoms. The number of carbonyl (C=O) groups is 2. The number of likely N-dealkylation sites (tertiary alicyclic amines) is 1. The van der Waals surface area contributed by atoms with Gasteiger partial charge in [0.05, 0.1) is 24.1 Å². The minimum Gasteiger partial charge on any atom is -0.506 e. The highest BCUT2D eigenvalue weighted by Gasteiger charge is 2.31. The fourth-order valence-corrected chi connectivity index (χ4v) is 5.44. The van der Waals surface area contributed by atoms with Gasteiger partial charge >= 0.3 is 0 Å². The SMILES string of the molecule is O=C(Nc1ccc(O)c(Cl)c1)[C@@H]1CCN(CC(=O)N2CCN(c3cccc(-c4cccc(CO)c4)c3)CC2)C1. The third-order valence-corrected chi connectivity index (χ3v) is 7.81. The average Bonchev–Trinajstić information content (AvgIpc) is 3.44. The predicted molar refractivity (Wildman–Crippen MR) is 153 cm³/mol. The second kappa shape index (κ2) is 12.1. The number of phenols is 1. The molecule has 0 spiro atoms. The number of aromatic hydroxyl groups is 1. The van der Waals surface area contributed by atoms with Crippen molar-refractivity contribution < 1.29 is 19.8 Å². The van der Waals surface area contributed by atoms with Gasteiger partial charge in [0, 0.05) is 44.1 Å². The summed E-state index contributed by atoms with van der Waals surface area (Å²) in [6.45, 7) is 4.39. The summed E-state index contributed by atoms with van der Waals surface area (Å²) < 4.78 is 0. The zero-order valence-electron chi connectivity index (χ0n) is 21.7. The van der Waals surface area contributed by atoms with E-state index in [2.05, 4.69) is 28.4 Å². The lowest BCUT2D eigenvalue weighted by Crippen LogP contribution is -2.51. The number of benzene rings is 3. The number of halogens is 1. The summed E-state index contributed by atoms with van der Waals surface area (Å²) in [5, 5.41) is 22.1. The maximum absolute atomic E-state index is 13.0. The van der Waals surface area contributed by atoms with E-state index in [-0.39, 0.29) is 35.1 Å². The number of hydrogen-bond acceptors (Lipinski definition) is 6. The number of nitrogens with one attached hydrogen (secondary N) is 1. The summed E-state index contributed by atoms with van der Waals surface area (Å²) in [4.78, 5) is 32.0. The fraction of sp³-hybridized carbons (Fsp3) is 0.333. The van der Waals surface area contributed by atoms with Crippen molar-refractivity contribution in [1.29, 1.82) is 0 Å². The molecule has 2 amide bonds. The van der Waals surface area contributed by atoms with Gasteiger partial charge in [-0.1, -0.05) is 41.9 Å². The smallest absolute Gasteiger partial charge is 0.236 e. The number of anilines is 2. The molecule has 0 aromatic heterocycles. The lowest BCUT2D eigenvalue weighted by Gasteiger charge is -2.37. The maximum atomic E-state index is 13.0. The standard InChI is InChI=1S/C30H33ClN4O4/c31-27-17-25(7-8-28(27)37)32-30(39)24-9-10-33(18-24)19-29(38)35-13-11-34(12-14-35)26-6-2-5-23(16-26)22-4-1-3-21(15-22)20-36/h1-8,15-17,24,36-37H,9-14,18-20H2,(H,32,39)/t24-/m1/s1. The highest BCUT2D eigenvalue weighted by molar-refractivity contribution is 6.32. The van der Waals surface area contributed by atoms with Crippen molar-refractivity contribution in [2.75, 3.05) is 56.0 Å².